The van der Waals surface area contributed by atoms with E-state index < -0.39 is 0 Å². The van der Waals surface area contributed by atoms with Crippen LogP contribution in [0.15, 0.2) is 41.3 Å². The average molecular weight is 187 g/mol. The van der Waals surface area contributed by atoms with Gasteiger partial charge >= 0.3 is 5.69 Å². The van der Waals surface area contributed by atoms with Crippen LogP contribution in [0.5, 0.6) is 0 Å². The molecule has 0 atom stereocenters. The van der Waals surface area contributed by atoms with Gasteiger partial charge in [0.1, 0.15) is 0 Å². The zero-order chi connectivity index (χ0) is 9.26. The fraction of sp³-hybridized carbons (Fsp3) is 0. The lowest BCUT2D eigenvalue weighted by molar-refractivity contribution is 1.46. The summed E-state index contributed by atoms with van der Waals surface area (Å²) in [7, 11) is 0. The number of benzene rings is 2. The van der Waals surface area contributed by atoms with Crippen molar-refractivity contribution in [2.75, 3.05) is 0 Å². The van der Waals surface area contributed by atoms with Crippen LogP contribution >= 0.6 is 12.6 Å². The Balaban J connectivity index is 2.75. The third-order valence-corrected chi connectivity index (χ3v) is 2.20. The number of nitrogens with zero attached hydrogens (tertiary/aromatic N) is 2. The Labute approximate surface area is 81.2 Å². The van der Waals surface area contributed by atoms with E-state index in [1.165, 1.54) is 0 Å². The van der Waals surface area contributed by atoms with Crippen molar-refractivity contribution in [2.45, 2.75) is 4.90 Å². The lowest BCUT2D eigenvalue weighted by Gasteiger charge is -1.95. The molecule has 3 heteroatoms. The standard InChI is InChI=1S/C10H6N2S/c11-12-9-3-1-8-6-10(13)4-2-7(8)5-9/h1-6H/p+1. The molecule has 2 aromatic carbocycles. The van der Waals surface area contributed by atoms with E-state index in [4.69, 9.17) is 5.39 Å². The maximum Gasteiger partial charge on any atom is 0.385 e. The largest absolute Gasteiger partial charge is 0.385 e. The molecule has 0 radical (unpaired) electrons. The molecule has 0 N–H and O–H groups in total. The van der Waals surface area contributed by atoms with E-state index in [-0.39, 0.29) is 0 Å². The summed E-state index contributed by atoms with van der Waals surface area (Å²) in [5, 5.41) is 10.7. The maximum atomic E-state index is 8.56. The van der Waals surface area contributed by atoms with Gasteiger partial charge in [-0.15, -0.1) is 12.6 Å². The molecule has 0 saturated carbocycles. The molecule has 2 nitrogen and oxygen atoms in total. The van der Waals surface area contributed by atoms with E-state index >= 15 is 0 Å². The molecule has 2 aromatic rings. The first kappa shape index (κ1) is 8.09. The second-order valence-electron chi connectivity index (χ2n) is 2.82. The Morgan fingerprint density at radius 1 is 1.00 bits per heavy atom. The number of fused-ring (bicyclic) bond motifs is 1. The number of thiol groups is 1. The fourth-order valence-electron chi connectivity index (χ4n) is 1.28. The maximum absolute atomic E-state index is 8.56. The molecule has 0 heterocycles. The molecule has 13 heavy (non-hydrogen) atoms. The molecule has 0 spiro atoms. The number of rotatable bonds is 0. The van der Waals surface area contributed by atoms with Gasteiger partial charge in [-0.05, 0) is 29.0 Å². The van der Waals surface area contributed by atoms with E-state index in [9.17, 15) is 0 Å². The van der Waals surface area contributed by atoms with E-state index in [2.05, 4.69) is 17.6 Å². The molecule has 0 saturated heterocycles. The van der Waals surface area contributed by atoms with E-state index in [1.807, 2.05) is 30.3 Å². The van der Waals surface area contributed by atoms with Crippen LogP contribution in [0.3, 0.4) is 0 Å². The minimum atomic E-state index is 0.569. The highest BCUT2D eigenvalue weighted by atomic mass is 32.1. The van der Waals surface area contributed by atoms with Crippen molar-refractivity contribution in [3.8, 4) is 0 Å². The summed E-state index contributed by atoms with van der Waals surface area (Å²) in [6.07, 6.45) is 0. The number of diazo groups is 1. The van der Waals surface area contributed by atoms with Crippen LogP contribution < -0.4 is 0 Å². The minimum absolute atomic E-state index is 0.569. The minimum Gasteiger partial charge on any atom is -0.143 e. The van der Waals surface area contributed by atoms with Gasteiger partial charge in [-0.1, -0.05) is 6.07 Å². The third kappa shape index (κ3) is 1.49. The van der Waals surface area contributed by atoms with Crippen molar-refractivity contribution >= 4 is 29.1 Å². The van der Waals surface area contributed by atoms with Gasteiger partial charge in [0.15, 0.2) is 4.98 Å². The Morgan fingerprint density at radius 2 is 1.69 bits per heavy atom. The highest BCUT2D eigenvalue weighted by Crippen LogP contribution is 2.23. The predicted molar refractivity (Wildman–Crippen MR) is 55.9 cm³/mol. The molecule has 0 aromatic heterocycles. The monoisotopic (exact) mass is 187 g/mol. The van der Waals surface area contributed by atoms with Gasteiger partial charge in [-0.2, -0.15) is 0 Å². The van der Waals surface area contributed by atoms with Crippen LogP contribution in [-0.4, -0.2) is 0 Å². The topological polar surface area (TPSA) is 28.1 Å². The van der Waals surface area contributed by atoms with Crippen LogP contribution in [-0.2, 0) is 0 Å². The van der Waals surface area contributed by atoms with Crippen LogP contribution in [0, 0.1) is 5.39 Å². The van der Waals surface area contributed by atoms with Gasteiger partial charge in [0.2, 0.25) is 5.39 Å². The summed E-state index contributed by atoms with van der Waals surface area (Å²) >= 11 is 4.24. The normalized spacial score (nSPS) is 9.85. The van der Waals surface area contributed by atoms with Crippen molar-refractivity contribution in [1.82, 2.24) is 0 Å². The van der Waals surface area contributed by atoms with Crippen LogP contribution in [0.2, 0.25) is 0 Å². The van der Waals surface area contributed by atoms with Gasteiger partial charge < -0.3 is 0 Å². The van der Waals surface area contributed by atoms with Crippen molar-refractivity contribution in [3.05, 3.63) is 41.4 Å². The summed E-state index contributed by atoms with van der Waals surface area (Å²) in [4.78, 5) is 4.06. The average Bonchev–Trinajstić information content (AvgIpc) is 2.17. The lowest BCUT2D eigenvalue weighted by atomic mass is 10.1. The third-order valence-electron chi connectivity index (χ3n) is 1.92. The van der Waals surface area contributed by atoms with Crippen LogP contribution in [0.4, 0.5) is 5.69 Å². The molecule has 2 rings (SSSR count). The van der Waals surface area contributed by atoms with Gasteiger partial charge in [-0.25, -0.2) is 0 Å². The SMILES string of the molecule is N#[N+]c1ccc2cc(S)ccc2c1. The highest BCUT2D eigenvalue weighted by Gasteiger charge is 2.04. The summed E-state index contributed by atoms with van der Waals surface area (Å²) in [6.45, 7) is 0. The van der Waals surface area contributed by atoms with Crippen molar-refractivity contribution in [3.63, 3.8) is 0 Å². The first-order chi connectivity index (χ1) is 6.29. The quantitative estimate of drug-likeness (QED) is 0.495. The molecular formula is C10H7N2S+. The molecule has 0 fully saturated rings. The number of hydrogen-bond donors (Lipinski definition) is 1. The lowest BCUT2D eigenvalue weighted by Crippen LogP contribution is -1.71. The van der Waals surface area contributed by atoms with Crippen molar-refractivity contribution in [2.24, 2.45) is 0 Å². The van der Waals surface area contributed by atoms with E-state index in [1.54, 1.807) is 6.07 Å². The second kappa shape index (κ2) is 3.08. The van der Waals surface area contributed by atoms with Gasteiger partial charge in [0.05, 0.1) is 0 Å². The summed E-state index contributed by atoms with van der Waals surface area (Å²) < 4.78 is 0. The Kier molecular flexibility index (Phi) is 1.91. The highest BCUT2D eigenvalue weighted by molar-refractivity contribution is 7.80. The summed E-state index contributed by atoms with van der Waals surface area (Å²) in [5.41, 5.74) is 0.569. The summed E-state index contributed by atoms with van der Waals surface area (Å²) in [6, 6.07) is 11.3. The summed E-state index contributed by atoms with van der Waals surface area (Å²) in [5.74, 6) is 0. The molecular weight excluding hydrogens is 180 g/mol. The Hall–Kier alpha value is -1.53. The molecule has 62 valence electrons. The van der Waals surface area contributed by atoms with Crippen LogP contribution in [0.25, 0.3) is 15.7 Å². The van der Waals surface area contributed by atoms with Gasteiger partial charge in [0, 0.05) is 17.0 Å². The fourth-order valence-corrected chi connectivity index (χ4v) is 1.50. The first-order valence-corrected chi connectivity index (χ1v) is 4.32. The van der Waals surface area contributed by atoms with Crippen molar-refractivity contribution in [1.29, 1.82) is 5.39 Å². The zero-order valence-corrected chi connectivity index (χ0v) is 7.70. The Morgan fingerprint density at radius 3 is 2.46 bits per heavy atom. The smallest absolute Gasteiger partial charge is 0.143 e. The molecule has 0 unspecified atom stereocenters. The van der Waals surface area contributed by atoms with E-state index in [0.717, 1.165) is 15.7 Å². The molecule has 0 aliphatic heterocycles. The number of hydrogen-bond acceptors (Lipinski definition) is 2. The van der Waals surface area contributed by atoms with Crippen molar-refractivity contribution < 1.29 is 0 Å². The molecule has 0 aliphatic rings. The van der Waals surface area contributed by atoms with E-state index in [0.29, 0.717) is 5.69 Å². The van der Waals surface area contributed by atoms with Gasteiger partial charge in [-0.3, -0.25) is 0 Å². The predicted octanol–water partition coefficient (Wildman–Crippen LogP) is 3.61. The molecule has 0 aliphatic carbocycles. The van der Waals surface area contributed by atoms with Crippen LogP contribution in [0.1, 0.15) is 0 Å². The second-order valence-corrected chi connectivity index (χ2v) is 3.33. The first-order valence-electron chi connectivity index (χ1n) is 3.87. The molecule has 0 bridgehead atoms. The Bertz CT molecular complexity index is 500. The molecule has 0 amide bonds. The zero-order valence-electron chi connectivity index (χ0n) is 6.81. The van der Waals surface area contributed by atoms with Gasteiger partial charge in [0.25, 0.3) is 0 Å².